The van der Waals surface area contributed by atoms with Gasteiger partial charge in [0.05, 0.1) is 18.3 Å². The molecule has 0 spiro atoms. The van der Waals surface area contributed by atoms with Gasteiger partial charge in [0.1, 0.15) is 17.7 Å². The van der Waals surface area contributed by atoms with Crippen molar-refractivity contribution in [1.82, 2.24) is 14.5 Å². The van der Waals surface area contributed by atoms with E-state index in [1.54, 1.807) is 24.7 Å². The molecule has 5 rings (SSSR count). The van der Waals surface area contributed by atoms with Crippen molar-refractivity contribution in [3.05, 3.63) is 71.6 Å². The van der Waals surface area contributed by atoms with Crippen LogP contribution in [-0.4, -0.2) is 26.3 Å². The fourth-order valence-electron chi connectivity index (χ4n) is 4.12. The Labute approximate surface area is 185 Å². The van der Waals surface area contributed by atoms with E-state index in [0.29, 0.717) is 23.7 Å². The number of anilines is 1. The maximum atomic E-state index is 14.2. The van der Waals surface area contributed by atoms with Gasteiger partial charge in [-0.1, -0.05) is 0 Å². The van der Waals surface area contributed by atoms with Gasteiger partial charge in [-0.15, -0.1) is 0 Å². The summed E-state index contributed by atoms with van der Waals surface area (Å²) in [5.74, 6) is 1.04. The smallest absolute Gasteiger partial charge is 0.166 e. The topological polar surface area (TPSA) is 104 Å². The van der Waals surface area contributed by atoms with Crippen LogP contribution in [0.25, 0.3) is 11.4 Å². The van der Waals surface area contributed by atoms with Crippen molar-refractivity contribution in [2.75, 3.05) is 5.73 Å². The van der Waals surface area contributed by atoms with Crippen molar-refractivity contribution in [3.63, 3.8) is 0 Å². The van der Waals surface area contributed by atoms with Gasteiger partial charge in [0.25, 0.3) is 0 Å². The Hall–Kier alpha value is -3.68. The molecule has 1 atom stereocenters. The molecule has 2 aliphatic rings. The van der Waals surface area contributed by atoms with E-state index in [0.717, 1.165) is 35.3 Å². The van der Waals surface area contributed by atoms with Crippen LogP contribution in [0.15, 0.2) is 59.6 Å². The number of allylic oxidation sites excluding steroid dienone is 1. The third-order valence-electron chi connectivity index (χ3n) is 6.10. The van der Waals surface area contributed by atoms with Crippen LogP contribution >= 0.6 is 0 Å². The lowest BCUT2D eigenvalue weighted by Crippen LogP contribution is -2.22. The number of halogens is 1. The summed E-state index contributed by atoms with van der Waals surface area (Å²) in [4.78, 5) is 13.9. The van der Waals surface area contributed by atoms with Gasteiger partial charge in [0.2, 0.25) is 0 Å². The van der Waals surface area contributed by atoms with Crippen LogP contribution in [0.4, 0.5) is 10.2 Å². The minimum atomic E-state index is -0.485. The summed E-state index contributed by atoms with van der Waals surface area (Å²) in [6.07, 6.45) is 9.69. The summed E-state index contributed by atoms with van der Waals surface area (Å²) in [6.45, 7) is 2.32. The Morgan fingerprint density at radius 1 is 1.25 bits per heavy atom. The second kappa shape index (κ2) is 8.11. The summed E-state index contributed by atoms with van der Waals surface area (Å²) < 4.78 is 22.4. The zero-order valence-electron chi connectivity index (χ0n) is 17.8. The number of benzene rings is 1. The van der Waals surface area contributed by atoms with Crippen LogP contribution < -0.4 is 16.2 Å². The molecule has 7 nitrogen and oxygen atoms in total. The lowest BCUT2D eigenvalue weighted by molar-refractivity contribution is 0.227. The highest BCUT2D eigenvalue weighted by molar-refractivity contribution is 6.12. The highest BCUT2D eigenvalue weighted by Gasteiger charge is 2.24. The van der Waals surface area contributed by atoms with Crippen molar-refractivity contribution in [3.8, 4) is 17.1 Å². The SMILES string of the molecule is CC1Oc2cc(cnc2N)C(=NC2CCC2)C(=CN)Cn2ccnc2-c2ccc(F)cc21. The molecular weight excluding hydrogens is 407 g/mol. The van der Waals surface area contributed by atoms with Gasteiger partial charge in [-0.25, -0.2) is 14.4 Å². The summed E-state index contributed by atoms with van der Waals surface area (Å²) in [6, 6.07) is 6.73. The number of aromatic nitrogens is 3. The van der Waals surface area contributed by atoms with Crippen molar-refractivity contribution in [2.45, 2.75) is 44.9 Å². The Kier molecular flexibility index (Phi) is 5.13. The van der Waals surface area contributed by atoms with Crippen molar-refractivity contribution < 1.29 is 9.13 Å². The molecule has 164 valence electrons. The Bertz CT molecular complexity index is 1230. The molecule has 4 N–H and O–H groups in total. The summed E-state index contributed by atoms with van der Waals surface area (Å²) >= 11 is 0. The molecule has 1 saturated carbocycles. The van der Waals surface area contributed by atoms with Crippen LogP contribution in [0.5, 0.6) is 5.75 Å². The van der Waals surface area contributed by atoms with E-state index in [4.69, 9.17) is 21.2 Å². The van der Waals surface area contributed by atoms with Gasteiger partial charge in [-0.2, -0.15) is 0 Å². The first-order chi connectivity index (χ1) is 15.5. The number of nitrogens with two attached hydrogens (primary N) is 2. The number of ether oxygens (including phenoxy) is 1. The number of imidazole rings is 1. The molecule has 0 radical (unpaired) electrons. The zero-order valence-corrected chi connectivity index (χ0v) is 17.8. The van der Waals surface area contributed by atoms with Crippen molar-refractivity contribution in [2.24, 2.45) is 10.7 Å². The number of hydrogen-bond acceptors (Lipinski definition) is 6. The first-order valence-electron chi connectivity index (χ1n) is 10.8. The van der Waals surface area contributed by atoms with Gasteiger partial charge < -0.3 is 20.8 Å². The maximum absolute atomic E-state index is 14.2. The molecule has 1 unspecified atom stereocenters. The fraction of sp³-hybridized carbons (Fsp3) is 0.292. The van der Waals surface area contributed by atoms with Gasteiger partial charge in [-0.3, -0.25) is 4.99 Å². The highest BCUT2D eigenvalue weighted by Crippen LogP contribution is 2.35. The van der Waals surface area contributed by atoms with Crippen LogP contribution in [0.2, 0.25) is 0 Å². The molecule has 1 fully saturated rings. The van der Waals surface area contributed by atoms with E-state index in [1.807, 2.05) is 23.8 Å². The molecule has 3 aromatic rings. The fourth-order valence-corrected chi connectivity index (χ4v) is 4.12. The molecule has 3 heterocycles. The van der Waals surface area contributed by atoms with Crippen molar-refractivity contribution in [1.29, 1.82) is 0 Å². The van der Waals surface area contributed by atoms with Gasteiger partial charge in [-0.05, 0) is 50.5 Å². The average Bonchev–Trinajstić information content (AvgIpc) is 3.21. The monoisotopic (exact) mass is 432 g/mol. The maximum Gasteiger partial charge on any atom is 0.166 e. The first-order valence-corrected chi connectivity index (χ1v) is 10.8. The van der Waals surface area contributed by atoms with Crippen LogP contribution in [0, 0.1) is 5.82 Å². The van der Waals surface area contributed by atoms with Crippen molar-refractivity contribution >= 4 is 11.5 Å². The number of hydrogen-bond donors (Lipinski definition) is 2. The second-order valence-corrected chi connectivity index (χ2v) is 8.23. The van der Waals surface area contributed by atoms with Gasteiger partial charge in [0, 0.05) is 47.1 Å². The van der Waals surface area contributed by atoms with Crippen LogP contribution in [-0.2, 0) is 6.54 Å². The number of aliphatic imine (C=N–C) groups is 1. The highest BCUT2D eigenvalue weighted by atomic mass is 19.1. The minimum absolute atomic E-state index is 0.262. The summed E-state index contributed by atoms with van der Waals surface area (Å²) in [7, 11) is 0. The largest absolute Gasteiger partial charge is 0.482 e. The molecule has 0 saturated heterocycles. The normalized spacial score (nSPS) is 21.1. The Morgan fingerprint density at radius 2 is 2.09 bits per heavy atom. The molecule has 32 heavy (non-hydrogen) atoms. The van der Waals surface area contributed by atoms with E-state index >= 15 is 0 Å². The summed E-state index contributed by atoms with van der Waals surface area (Å²) in [5.41, 5.74) is 16.1. The lowest BCUT2D eigenvalue weighted by atomic mass is 9.92. The van der Waals surface area contributed by atoms with Gasteiger partial charge >= 0.3 is 0 Å². The van der Waals surface area contributed by atoms with Crippen LogP contribution in [0.1, 0.15) is 43.4 Å². The predicted molar refractivity (Wildman–Crippen MR) is 122 cm³/mol. The Morgan fingerprint density at radius 3 is 2.84 bits per heavy atom. The number of rotatable bonds is 1. The Balaban J connectivity index is 1.73. The molecule has 0 amide bonds. The van der Waals surface area contributed by atoms with E-state index in [-0.39, 0.29) is 17.7 Å². The molecule has 2 aromatic heterocycles. The van der Waals surface area contributed by atoms with E-state index < -0.39 is 6.10 Å². The average molecular weight is 433 g/mol. The van der Waals surface area contributed by atoms with E-state index in [9.17, 15) is 4.39 Å². The van der Waals surface area contributed by atoms with Gasteiger partial charge in [0.15, 0.2) is 11.6 Å². The van der Waals surface area contributed by atoms with E-state index in [1.165, 1.54) is 18.6 Å². The molecule has 1 aromatic carbocycles. The number of nitrogen functional groups attached to an aromatic ring is 1. The molecule has 8 heteroatoms. The second-order valence-electron chi connectivity index (χ2n) is 8.23. The predicted octanol–water partition coefficient (Wildman–Crippen LogP) is 4.00. The minimum Gasteiger partial charge on any atom is -0.482 e. The quantitative estimate of drug-likeness (QED) is 0.605. The molecule has 1 aliphatic heterocycles. The standard InChI is InChI=1S/C24H25FN6O/c1-14-20-10-17(25)5-6-19(20)24-28-7-8-31(24)13-16(11-26)22(30-18-3-2-4-18)15-9-21(32-14)23(27)29-12-15/h5-12,14,18H,2-4,13,26H2,1H3,(H2,27,29). The van der Waals surface area contributed by atoms with Crippen LogP contribution in [0.3, 0.4) is 0 Å². The van der Waals surface area contributed by atoms with E-state index in [2.05, 4.69) is 9.97 Å². The lowest BCUT2D eigenvalue weighted by Gasteiger charge is -2.25. The molecular formula is C24H25FN6O. The summed E-state index contributed by atoms with van der Waals surface area (Å²) in [5, 5.41) is 0. The number of nitrogens with zero attached hydrogens (tertiary/aromatic N) is 4. The first kappa shape index (κ1) is 20.2. The number of pyridine rings is 1. The molecule has 2 bridgehead atoms. The third-order valence-corrected chi connectivity index (χ3v) is 6.10. The number of fused-ring (bicyclic) bond motifs is 5. The molecule has 1 aliphatic carbocycles. The zero-order chi connectivity index (χ0) is 22.2. The third kappa shape index (κ3) is 3.62.